The number of nitrogens with zero attached hydrogens (tertiary/aromatic N) is 2. The van der Waals surface area contributed by atoms with Gasteiger partial charge in [0.05, 0.1) is 11.6 Å². The molecule has 1 aromatic heterocycles. The Bertz CT molecular complexity index is 682. The molecule has 0 fully saturated rings. The van der Waals surface area contributed by atoms with Crippen molar-refractivity contribution >= 4 is 17.8 Å². The Labute approximate surface area is 117 Å². The van der Waals surface area contributed by atoms with Crippen LogP contribution in [0.4, 0.5) is 5.82 Å². The summed E-state index contributed by atoms with van der Waals surface area (Å²) in [6, 6.07) is 12.7. The minimum absolute atomic E-state index is 0.260. The van der Waals surface area contributed by atoms with E-state index < -0.39 is 0 Å². The third kappa shape index (κ3) is 3.79. The van der Waals surface area contributed by atoms with E-state index in [1.807, 2.05) is 19.1 Å². The monoisotopic (exact) mass is 263 g/mol. The maximum Gasteiger partial charge on any atom is 0.249 e. The lowest BCUT2D eigenvalue weighted by Gasteiger charge is -2.01. The summed E-state index contributed by atoms with van der Waals surface area (Å²) < 4.78 is 0. The number of anilines is 1. The van der Waals surface area contributed by atoms with Crippen molar-refractivity contribution in [3.63, 3.8) is 0 Å². The van der Waals surface area contributed by atoms with Gasteiger partial charge in [0.15, 0.2) is 0 Å². The molecule has 1 amide bonds. The molecule has 0 bridgehead atoms. The molecule has 2 aromatic rings. The third-order valence-corrected chi connectivity index (χ3v) is 2.61. The number of benzene rings is 1. The zero-order valence-electron chi connectivity index (χ0n) is 11.0. The number of carbonyl (C=O) groups excluding carboxylic acids is 1. The minimum atomic E-state index is -0.260. The highest BCUT2D eigenvalue weighted by atomic mass is 16.1. The van der Waals surface area contributed by atoms with E-state index >= 15 is 0 Å². The van der Waals surface area contributed by atoms with Crippen LogP contribution in [-0.4, -0.2) is 10.9 Å². The highest BCUT2D eigenvalue weighted by Crippen LogP contribution is 2.07. The third-order valence-electron chi connectivity index (χ3n) is 2.61. The molecule has 2 rings (SSSR count). The smallest absolute Gasteiger partial charge is 0.249 e. The molecule has 1 aromatic carbocycles. The van der Waals surface area contributed by atoms with Crippen LogP contribution in [0.1, 0.15) is 16.7 Å². The Morgan fingerprint density at radius 2 is 2.20 bits per heavy atom. The van der Waals surface area contributed by atoms with Gasteiger partial charge in [-0.1, -0.05) is 18.2 Å². The fraction of sp³-hybridized carbons (Fsp3) is 0.0625. The molecule has 0 unspecified atom stereocenters. The molecule has 0 aliphatic heterocycles. The van der Waals surface area contributed by atoms with Gasteiger partial charge in [-0.05, 0) is 42.3 Å². The number of hydrogen-bond acceptors (Lipinski definition) is 3. The van der Waals surface area contributed by atoms with E-state index in [1.165, 1.54) is 6.08 Å². The highest BCUT2D eigenvalue weighted by Gasteiger charge is 1.98. The van der Waals surface area contributed by atoms with E-state index in [0.29, 0.717) is 11.4 Å². The molecule has 0 aliphatic carbocycles. The first-order chi connectivity index (χ1) is 9.67. The van der Waals surface area contributed by atoms with Crippen LogP contribution < -0.4 is 5.32 Å². The Balaban J connectivity index is 2.02. The van der Waals surface area contributed by atoms with E-state index in [4.69, 9.17) is 5.26 Å². The van der Waals surface area contributed by atoms with E-state index in [1.54, 1.807) is 36.5 Å². The van der Waals surface area contributed by atoms with Gasteiger partial charge in [0.1, 0.15) is 5.82 Å². The molecular weight excluding hydrogens is 250 g/mol. The van der Waals surface area contributed by atoms with Crippen LogP contribution in [0.2, 0.25) is 0 Å². The van der Waals surface area contributed by atoms with Crippen LogP contribution in [-0.2, 0) is 4.79 Å². The molecule has 1 N–H and O–H groups in total. The summed E-state index contributed by atoms with van der Waals surface area (Å²) in [6.45, 7) is 1.93. The summed E-state index contributed by atoms with van der Waals surface area (Å²) in [4.78, 5) is 15.8. The van der Waals surface area contributed by atoms with Crippen molar-refractivity contribution in [2.24, 2.45) is 0 Å². The van der Waals surface area contributed by atoms with Gasteiger partial charge >= 0.3 is 0 Å². The number of aromatic nitrogens is 1. The van der Waals surface area contributed by atoms with Gasteiger partial charge in [0.2, 0.25) is 5.91 Å². The molecule has 0 radical (unpaired) electrons. The SMILES string of the molecule is Cc1ccc(NC(=O)/C=C/c2cccc(C#N)c2)nc1. The molecular formula is C16H13N3O. The van der Waals surface area contributed by atoms with Crippen molar-refractivity contribution in [1.29, 1.82) is 5.26 Å². The number of pyridine rings is 1. The summed E-state index contributed by atoms with van der Waals surface area (Å²) in [6.07, 6.45) is 4.76. The molecule has 98 valence electrons. The van der Waals surface area contributed by atoms with Gasteiger partial charge in [-0.25, -0.2) is 4.98 Å². The van der Waals surface area contributed by atoms with Crippen molar-refractivity contribution in [1.82, 2.24) is 4.98 Å². The lowest BCUT2D eigenvalue weighted by atomic mass is 10.1. The fourth-order valence-electron chi connectivity index (χ4n) is 1.59. The van der Waals surface area contributed by atoms with Crippen LogP contribution in [0.3, 0.4) is 0 Å². The van der Waals surface area contributed by atoms with Gasteiger partial charge in [-0.2, -0.15) is 5.26 Å². The van der Waals surface area contributed by atoms with Crippen LogP contribution in [0.15, 0.2) is 48.7 Å². The van der Waals surface area contributed by atoms with Gasteiger partial charge in [0.25, 0.3) is 0 Å². The summed E-state index contributed by atoms with van der Waals surface area (Å²) in [5, 5.41) is 11.5. The number of carbonyl (C=O) groups is 1. The second-order valence-electron chi connectivity index (χ2n) is 4.28. The molecule has 0 saturated carbocycles. The van der Waals surface area contributed by atoms with Crippen LogP contribution in [0.5, 0.6) is 0 Å². The molecule has 0 saturated heterocycles. The maximum absolute atomic E-state index is 11.7. The fourth-order valence-corrected chi connectivity index (χ4v) is 1.59. The van der Waals surface area contributed by atoms with Crippen molar-refractivity contribution in [2.75, 3.05) is 5.32 Å². The van der Waals surface area contributed by atoms with Crippen molar-refractivity contribution < 1.29 is 4.79 Å². The average Bonchev–Trinajstić information content (AvgIpc) is 2.48. The Kier molecular flexibility index (Phi) is 4.25. The van der Waals surface area contributed by atoms with Gasteiger partial charge < -0.3 is 5.32 Å². The molecule has 0 aliphatic rings. The van der Waals surface area contributed by atoms with Crippen LogP contribution >= 0.6 is 0 Å². The Morgan fingerprint density at radius 1 is 1.35 bits per heavy atom. The van der Waals surface area contributed by atoms with E-state index in [9.17, 15) is 4.79 Å². The second kappa shape index (κ2) is 6.30. The number of rotatable bonds is 3. The van der Waals surface area contributed by atoms with Gasteiger partial charge in [-0.3, -0.25) is 4.79 Å². The zero-order chi connectivity index (χ0) is 14.4. The lowest BCUT2D eigenvalue weighted by molar-refractivity contribution is -0.111. The first-order valence-electron chi connectivity index (χ1n) is 6.09. The number of amides is 1. The first-order valence-corrected chi connectivity index (χ1v) is 6.09. The summed E-state index contributed by atoms with van der Waals surface area (Å²) in [5.74, 6) is 0.250. The summed E-state index contributed by atoms with van der Waals surface area (Å²) in [7, 11) is 0. The van der Waals surface area contributed by atoms with Crippen molar-refractivity contribution in [3.8, 4) is 6.07 Å². The maximum atomic E-state index is 11.7. The topological polar surface area (TPSA) is 65.8 Å². The highest BCUT2D eigenvalue weighted by molar-refractivity contribution is 6.01. The predicted octanol–water partition coefficient (Wildman–Crippen LogP) is 2.91. The number of nitriles is 1. The van der Waals surface area contributed by atoms with Crippen LogP contribution in [0, 0.1) is 18.3 Å². The molecule has 0 atom stereocenters. The zero-order valence-corrected chi connectivity index (χ0v) is 11.0. The second-order valence-corrected chi connectivity index (χ2v) is 4.28. The molecule has 4 heteroatoms. The van der Waals surface area contributed by atoms with E-state index in [2.05, 4.69) is 16.4 Å². The summed E-state index contributed by atoms with van der Waals surface area (Å²) >= 11 is 0. The Hall–Kier alpha value is -2.93. The standard InChI is InChI=1S/C16H13N3O/c1-12-5-7-15(18-11-12)19-16(20)8-6-13-3-2-4-14(9-13)10-17/h2-9,11H,1H3,(H,18,19,20)/b8-6+. The van der Waals surface area contributed by atoms with Gasteiger partial charge in [-0.15, -0.1) is 0 Å². The van der Waals surface area contributed by atoms with E-state index in [0.717, 1.165) is 11.1 Å². The first kappa shape index (κ1) is 13.5. The molecule has 1 heterocycles. The predicted molar refractivity (Wildman–Crippen MR) is 77.8 cm³/mol. The van der Waals surface area contributed by atoms with Gasteiger partial charge in [0, 0.05) is 12.3 Å². The molecule has 0 spiro atoms. The number of nitrogens with one attached hydrogen (secondary N) is 1. The number of aryl methyl sites for hydroxylation is 1. The van der Waals surface area contributed by atoms with E-state index in [-0.39, 0.29) is 5.91 Å². The summed E-state index contributed by atoms with van der Waals surface area (Å²) in [5.41, 5.74) is 2.40. The average molecular weight is 263 g/mol. The van der Waals surface area contributed by atoms with Crippen LogP contribution in [0.25, 0.3) is 6.08 Å². The Morgan fingerprint density at radius 3 is 2.90 bits per heavy atom. The minimum Gasteiger partial charge on any atom is -0.307 e. The molecule has 20 heavy (non-hydrogen) atoms. The number of hydrogen-bond donors (Lipinski definition) is 1. The normalized spacial score (nSPS) is 10.2. The van der Waals surface area contributed by atoms with Crippen molar-refractivity contribution in [3.05, 3.63) is 65.4 Å². The largest absolute Gasteiger partial charge is 0.307 e. The lowest BCUT2D eigenvalue weighted by Crippen LogP contribution is -2.08. The molecule has 4 nitrogen and oxygen atoms in total. The van der Waals surface area contributed by atoms with Crippen molar-refractivity contribution in [2.45, 2.75) is 6.92 Å². The quantitative estimate of drug-likeness (QED) is 0.866.